The number of amides is 1. The molecule has 1 amide bonds. The van der Waals surface area contributed by atoms with E-state index < -0.39 is 9.84 Å². The van der Waals surface area contributed by atoms with Crippen LogP contribution in [0.4, 0.5) is 0 Å². The zero-order valence-corrected chi connectivity index (χ0v) is 13.3. The van der Waals surface area contributed by atoms with Gasteiger partial charge in [-0.05, 0) is 26.0 Å². The molecular weight excluding hydrogens is 288 g/mol. The number of hydrogen-bond donors (Lipinski definition) is 1. The third-order valence-corrected chi connectivity index (χ3v) is 5.35. The summed E-state index contributed by atoms with van der Waals surface area (Å²) in [7, 11) is -1.07. The van der Waals surface area contributed by atoms with Crippen LogP contribution in [0.3, 0.4) is 0 Å². The topological polar surface area (TPSA) is 66.5 Å². The number of carbonyl (C=O) groups excluding carboxylic acids is 1. The van der Waals surface area contributed by atoms with Gasteiger partial charge in [0.15, 0.2) is 9.84 Å². The highest BCUT2D eigenvalue weighted by Crippen LogP contribution is 2.11. The van der Waals surface area contributed by atoms with Crippen molar-refractivity contribution in [2.45, 2.75) is 25.9 Å². The van der Waals surface area contributed by atoms with Crippen molar-refractivity contribution in [1.82, 2.24) is 10.2 Å². The minimum Gasteiger partial charge on any atom is -0.351 e. The van der Waals surface area contributed by atoms with Crippen molar-refractivity contribution >= 4 is 15.7 Å². The fraction of sp³-hybridized carbons (Fsp3) is 0.533. The lowest BCUT2D eigenvalue weighted by Gasteiger charge is -2.18. The molecule has 0 radical (unpaired) electrons. The van der Waals surface area contributed by atoms with Gasteiger partial charge in [-0.2, -0.15) is 0 Å². The van der Waals surface area contributed by atoms with Crippen LogP contribution in [0.2, 0.25) is 0 Å². The van der Waals surface area contributed by atoms with Crippen LogP contribution in [-0.4, -0.2) is 50.4 Å². The largest absolute Gasteiger partial charge is 0.351 e. The molecule has 6 heteroatoms. The van der Waals surface area contributed by atoms with E-state index >= 15 is 0 Å². The van der Waals surface area contributed by atoms with Gasteiger partial charge < -0.3 is 5.32 Å². The first-order chi connectivity index (χ1) is 9.84. The summed E-state index contributed by atoms with van der Waals surface area (Å²) in [5.41, 5.74) is 2.36. The van der Waals surface area contributed by atoms with Gasteiger partial charge in [0.25, 0.3) is 0 Å². The molecule has 1 aliphatic rings. The molecule has 1 atom stereocenters. The maximum atomic E-state index is 11.9. The molecule has 0 bridgehead atoms. The summed E-state index contributed by atoms with van der Waals surface area (Å²) in [5, 5.41) is 2.80. The summed E-state index contributed by atoms with van der Waals surface area (Å²) in [6.07, 6.45) is 0.524. The van der Waals surface area contributed by atoms with Crippen LogP contribution < -0.4 is 5.32 Å². The first kappa shape index (κ1) is 16.0. The standard InChI is InChI=1S/C15H22N2O3S/c1-12-3-5-13(6-4-12)9-17(2)10-15(18)16-14-7-8-21(19,20)11-14/h3-6,14H,7-11H2,1-2H3,(H,16,18)/t14-/m1/s1. The van der Waals surface area contributed by atoms with Crippen LogP contribution in [0.25, 0.3) is 0 Å². The van der Waals surface area contributed by atoms with Gasteiger partial charge in [0.1, 0.15) is 0 Å². The van der Waals surface area contributed by atoms with Crippen molar-refractivity contribution in [3.8, 4) is 0 Å². The molecule has 1 saturated heterocycles. The molecule has 0 unspecified atom stereocenters. The molecule has 0 saturated carbocycles. The second kappa shape index (κ2) is 6.58. The average Bonchev–Trinajstić information content (AvgIpc) is 2.71. The zero-order chi connectivity index (χ0) is 15.5. The summed E-state index contributed by atoms with van der Waals surface area (Å²) >= 11 is 0. The molecule has 1 aliphatic heterocycles. The molecule has 2 rings (SSSR count). The van der Waals surface area contributed by atoms with Gasteiger partial charge in [-0.15, -0.1) is 0 Å². The van der Waals surface area contributed by atoms with Crippen molar-refractivity contribution in [3.05, 3.63) is 35.4 Å². The summed E-state index contributed by atoms with van der Waals surface area (Å²) in [5.74, 6) is 0.129. The predicted octanol–water partition coefficient (Wildman–Crippen LogP) is 0.730. The number of benzene rings is 1. The van der Waals surface area contributed by atoms with E-state index in [1.54, 1.807) is 0 Å². The van der Waals surface area contributed by atoms with E-state index in [0.29, 0.717) is 13.0 Å². The SMILES string of the molecule is Cc1ccc(CN(C)CC(=O)N[C@@H]2CCS(=O)(=O)C2)cc1. The quantitative estimate of drug-likeness (QED) is 0.871. The van der Waals surface area contributed by atoms with Gasteiger partial charge in [-0.3, -0.25) is 9.69 Å². The lowest BCUT2D eigenvalue weighted by Crippen LogP contribution is -2.41. The molecule has 1 aromatic rings. The third-order valence-electron chi connectivity index (χ3n) is 3.58. The van der Waals surface area contributed by atoms with Crippen molar-refractivity contribution < 1.29 is 13.2 Å². The first-order valence-corrected chi connectivity index (χ1v) is 8.90. The molecule has 1 aromatic carbocycles. The Morgan fingerprint density at radius 3 is 2.57 bits per heavy atom. The molecule has 0 aliphatic carbocycles. The number of aryl methyl sites for hydroxylation is 1. The van der Waals surface area contributed by atoms with Gasteiger partial charge in [0, 0.05) is 12.6 Å². The molecule has 116 valence electrons. The van der Waals surface area contributed by atoms with Crippen LogP contribution in [0.1, 0.15) is 17.5 Å². The third kappa shape index (κ3) is 5.13. The van der Waals surface area contributed by atoms with Gasteiger partial charge in [0.05, 0.1) is 18.1 Å². The number of hydrogen-bond acceptors (Lipinski definition) is 4. The van der Waals surface area contributed by atoms with Gasteiger partial charge in [0.2, 0.25) is 5.91 Å². The van der Waals surface area contributed by atoms with E-state index in [-0.39, 0.29) is 30.0 Å². The molecule has 5 nitrogen and oxygen atoms in total. The van der Waals surface area contributed by atoms with Gasteiger partial charge in [-0.25, -0.2) is 8.42 Å². The van der Waals surface area contributed by atoms with Crippen molar-refractivity contribution in [2.24, 2.45) is 0 Å². The Labute approximate surface area is 126 Å². The van der Waals surface area contributed by atoms with Crippen LogP contribution in [0.5, 0.6) is 0 Å². The Hall–Kier alpha value is -1.40. The number of likely N-dealkylation sites (N-methyl/N-ethyl adjacent to an activating group) is 1. The van der Waals surface area contributed by atoms with E-state index in [1.807, 2.05) is 43.1 Å². The number of nitrogens with one attached hydrogen (secondary N) is 1. The Morgan fingerprint density at radius 2 is 2.00 bits per heavy atom. The molecular formula is C15H22N2O3S. The monoisotopic (exact) mass is 310 g/mol. The normalized spacial score (nSPS) is 20.6. The summed E-state index contributed by atoms with van der Waals surface area (Å²) < 4.78 is 22.7. The fourth-order valence-corrected chi connectivity index (χ4v) is 4.16. The highest BCUT2D eigenvalue weighted by atomic mass is 32.2. The Kier molecular flexibility index (Phi) is 5.00. The Morgan fingerprint density at radius 1 is 1.33 bits per heavy atom. The summed E-state index contributed by atoms with van der Waals surface area (Å²) in [6.45, 7) is 3.00. The minimum absolute atomic E-state index is 0.0699. The molecule has 0 spiro atoms. The van der Waals surface area contributed by atoms with Crippen LogP contribution in [0.15, 0.2) is 24.3 Å². The number of carbonyl (C=O) groups is 1. The van der Waals surface area contributed by atoms with Crippen LogP contribution >= 0.6 is 0 Å². The maximum absolute atomic E-state index is 11.9. The fourth-order valence-electron chi connectivity index (χ4n) is 2.49. The van der Waals surface area contributed by atoms with Crippen molar-refractivity contribution in [2.75, 3.05) is 25.1 Å². The van der Waals surface area contributed by atoms with E-state index in [9.17, 15) is 13.2 Å². The minimum atomic E-state index is -2.95. The molecule has 1 heterocycles. The highest BCUT2D eigenvalue weighted by Gasteiger charge is 2.28. The molecule has 1 fully saturated rings. The van der Waals surface area contributed by atoms with E-state index in [0.717, 1.165) is 5.56 Å². The smallest absolute Gasteiger partial charge is 0.234 e. The van der Waals surface area contributed by atoms with Crippen LogP contribution in [-0.2, 0) is 21.2 Å². The number of rotatable bonds is 5. The summed E-state index contributed by atoms with van der Waals surface area (Å²) in [4.78, 5) is 13.8. The predicted molar refractivity (Wildman–Crippen MR) is 82.7 cm³/mol. The van der Waals surface area contributed by atoms with E-state index in [2.05, 4.69) is 5.32 Å². The average molecular weight is 310 g/mol. The van der Waals surface area contributed by atoms with E-state index in [4.69, 9.17) is 0 Å². The Balaban J connectivity index is 1.78. The van der Waals surface area contributed by atoms with Gasteiger partial charge >= 0.3 is 0 Å². The second-order valence-electron chi connectivity index (χ2n) is 5.83. The molecule has 21 heavy (non-hydrogen) atoms. The summed E-state index contributed by atoms with van der Waals surface area (Å²) in [6, 6.07) is 7.97. The molecule has 1 N–H and O–H groups in total. The van der Waals surface area contributed by atoms with Crippen LogP contribution in [0, 0.1) is 6.92 Å². The highest BCUT2D eigenvalue weighted by molar-refractivity contribution is 7.91. The maximum Gasteiger partial charge on any atom is 0.234 e. The van der Waals surface area contributed by atoms with Crippen molar-refractivity contribution in [3.63, 3.8) is 0 Å². The number of sulfone groups is 1. The lowest BCUT2D eigenvalue weighted by atomic mass is 10.1. The lowest BCUT2D eigenvalue weighted by molar-refractivity contribution is -0.122. The molecule has 0 aromatic heterocycles. The number of nitrogens with zero attached hydrogens (tertiary/aromatic N) is 1. The van der Waals surface area contributed by atoms with Crippen molar-refractivity contribution in [1.29, 1.82) is 0 Å². The first-order valence-electron chi connectivity index (χ1n) is 7.08. The second-order valence-corrected chi connectivity index (χ2v) is 8.05. The Bertz CT molecular complexity index is 596. The van der Waals surface area contributed by atoms with E-state index in [1.165, 1.54) is 5.56 Å². The zero-order valence-electron chi connectivity index (χ0n) is 12.5. The van der Waals surface area contributed by atoms with Gasteiger partial charge in [-0.1, -0.05) is 29.8 Å².